The average Bonchev–Trinajstić information content (AvgIpc) is 2.56. The Balaban J connectivity index is 0.00000112. The van der Waals surface area contributed by atoms with Gasteiger partial charge < -0.3 is 5.73 Å². The first kappa shape index (κ1) is 12.9. The van der Waals surface area contributed by atoms with E-state index in [1.165, 1.54) is 5.69 Å². The fourth-order valence-corrected chi connectivity index (χ4v) is 2.42. The summed E-state index contributed by atoms with van der Waals surface area (Å²) < 4.78 is 0. The quantitative estimate of drug-likeness (QED) is 0.867. The first-order valence-corrected chi connectivity index (χ1v) is 6.01. The number of hydrogen-bond donors (Lipinski definition) is 1. The fourth-order valence-electron chi connectivity index (χ4n) is 1.82. The molecule has 15 heavy (non-hydrogen) atoms. The zero-order valence-electron chi connectivity index (χ0n) is 8.98. The maximum absolute atomic E-state index is 5.85. The van der Waals surface area contributed by atoms with Gasteiger partial charge in [-0.3, -0.25) is 4.90 Å². The maximum Gasteiger partial charge on any atom is 0.0897 e. The zero-order chi connectivity index (χ0) is 9.97. The molecule has 0 aromatic carbocycles. The van der Waals surface area contributed by atoms with Gasteiger partial charge in [0.25, 0.3) is 0 Å². The molecule has 5 heteroatoms. The van der Waals surface area contributed by atoms with Crippen LogP contribution in [0.15, 0.2) is 5.38 Å². The van der Waals surface area contributed by atoms with Gasteiger partial charge in [-0.05, 0) is 19.8 Å². The average molecular weight is 248 g/mol. The van der Waals surface area contributed by atoms with Crippen molar-refractivity contribution < 1.29 is 0 Å². The number of halogens is 1. The number of rotatable bonds is 2. The lowest BCUT2D eigenvalue weighted by Crippen LogP contribution is -2.39. The van der Waals surface area contributed by atoms with Gasteiger partial charge in [0.05, 0.1) is 10.7 Å². The molecular weight excluding hydrogens is 230 g/mol. The van der Waals surface area contributed by atoms with Crippen molar-refractivity contribution in [2.24, 2.45) is 5.73 Å². The summed E-state index contributed by atoms with van der Waals surface area (Å²) in [6.07, 6.45) is 2.26. The van der Waals surface area contributed by atoms with Crippen LogP contribution in [0.5, 0.6) is 0 Å². The summed E-state index contributed by atoms with van der Waals surface area (Å²) >= 11 is 1.73. The van der Waals surface area contributed by atoms with Gasteiger partial charge in [0.2, 0.25) is 0 Å². The summed E-state index contributed by atoms with van der Waals surface area (Å²) in [7, 11) is 0. The van der Waals surface area contributed by atoms with Gasteiger partial charge in [0.15, 0.2) is 0 Å². The Morgan fingerprint density at radius 3 is 2.73 bits per heavy atom. The van der Waals surface area contributed by atoms with Crippen LogP contribution in [-0.4, -0.2) is 29.0 Å². The Bertz CT molecular complexity index is 295. The smallest absolute Gasteiger partial charge is 0.0897 e. The lowest BCUT2D eigenvalue weighted by atomic mass is 10.1. The van der Waals surface area contributed by atoms with Crippen molar-refractivity contribution in [1.82, 2.24) is 9.88 Å². The molecule has 1 fully saturated rings. The second-order valence-electron chi connectivity index (χ2n) is 3.97. The number of thiazole rings is 1. The minimum absolute atomic E-state index is 0. The maximum atomic E-state index is 5.85. The second kappa shape index (κ2) is 5.80. The second-order valence-corrected chi connectivity index (χ2v) is 5.03. The van der Waals surface area contributed by atoms with Crippen molar-refractivity contribution in [2.75, 3.05) is 13.1 Å². The first-order valence-electron chi connectivity index (χ1n) is 5.13. The summed E-state index contributed by atoms with van der Waals surface area (Å²) in [5, 5.41) is 3.32. The molecule has 0 amide bonds. The molecule has 1 aliphatic rings. The Labute approximate surface area is 101 Å². The third-order valence-electron chi connectivity index (χ3n) is 2.68. The molecule has 0 aliphatic carbocycles. The van der Waals surface area contributed by atoms with Crippen LogP contribution in [-0.2, 0) is 6.54 Å². The van der Waals surface area contributed by atoms with Crippen LogP contribution in [0.2, 0.25) is 0 Å². The summed E-state index contributed by atoms with van der Waals surface area (Å²) in [4.78, 5) is 6.91. The summed E-state index contributed by atoms with van der Waals surface area (Å²) in [6, 6.07) is 0.420. The third kappa shape index (κ3) is 3.72. The molecule has 1 saturated heterocycles. The number of aromatic nitrogens is 1. The van der Waals surface area contributed by atoms with Crippen molar-refractivity contribution in [2.45, 2.75) is 32.4 Å². The van der Waals surface area contributed by atoms with Crippen LogP contribution in [0.25, 0.3) is 0 Å². The molecule has 2 heterocycles. The van der Waals surface area contributed by atoms with Gasteiger partial charge in [0.1, 0.15) is 0 Å². The van der Waals surface area contributed by atoms with E-state index in [0.717, 1.165) is 37.5 Å². The van der Waals surface area contributed by atoms with Crippen molar-refractivity contribution in [3.05, 3.63) is 16.1 Å². The van der Waals surface area contributed by atoms with Crippen molar-refractivity contribution >= 4 is 23.7 Å². The van der Waals surface area contributed by atoms with E-state index in [-0.39, 0.29) is 12.4 Å². The number of aryl methyl sites for hydroxylation is 1. The molecule has 2 rings (SSSR count). The molecule has 1 aromatic rings. The highest BCUT2D eigenvalue weighted by Gasteiger charge is 2.16. The van der Waals surface area contributed by atoms with Gasteiger partial charge >= 0.3 is 0 Å². The molecule has 0 spiro atoms. The van der Waals surface area contributed by atoms with Crippen molar-refractivity contribution in [1.29, 1.82) is 0 Å². The Morgan fingerprint density at radius 2 is 2.20 bits per heavy atom. The number of hydrogen-bond acceptors (Lipinski definition) is 4. The number of piperidine rings is 1. The van der Waals surface area contributed by atoms with Gasteiger partial charge in [-0.1, -0.05) is 0 Å². The molecular formula is C10H18ClN3S. The van der Waals surface area contributed by atoms with Crippen LogP contribution in [0.4, 0.5) is 0 Å². The molecule has 1 aliphatic heterocycles. The third-order valence-corrected chi connectivity index (χ3v) is 3.51. The topological polar surface area (TPSA) is 42.2 Å². The highest BCUT2D eigenvalue weighted by atomic mass is 35.5. The predicted octanol–water partition coefficient (Wildman–Crippen LogP) is 1.80. The monoisotopic (exact) mass is 247 g/mol. The van der Waals surface area contributed by atoms with Crippen LogP contribution in [0, 0.1) is 6.92 Å². The lowest BCUT2D eigenvalue weighted by Gasteiger charge is -2.29. The molecule has 0 bridgehead atoms. The van der Waals surface area contributed by atoms with E-state index < -0.39 is 0 Å². The van der Waals surface area contributed by atoms with Gasteiger partial charge in [-0.15, -0.1) is 23.7 Å². The van der Waals surface area contributed by atoms with Crippen LogP contribution in [0.3, 0.4) is 0 Å². The molecule has 1 aromatic heterocycles. The molecule has 0 atom stereocenters. The summed E-state index contributed by atoms with van der Waals surface area (Å²) in [6.45, 7) is 5.30. The van der Waals surface area contributed by atoms with Crippen LogP contribution in [0.1, 0.15) is 23.5 Å². The van der Waals surface area contributed by atoms with Gasteiger partial charge in [0, 0.05) is 31.1 Å². The highest BCUT2D eigenvalue weighted by molar-refractivity contribution is 7.09. The minimum Gasteiger partial charge on any atom is -0.328 e. The first-order chi connectivity index (χ1) is 6.74. The highest BCUT2D eigenvalue weighted by Crippen LogP contribution is 2.14. The zero-order valence-corrected chi connectivity index (χ0v) is 10.6. The predicted molar refractivity (Wildman–Crippen MR) is 66.6 cm³/mol. The lowest BCUT2D eigenvalue weighted by molar-refractivity contribution is 0.204. The number of nitrogens with two attached hydrogens (primary N) is 1. The van der Waals surface area contributed by atoms with E-state index in [0.29, 0.717) is 6.04 Å². The Morgan fingerprint density at radius 1 is 1.53 bits per heavy atom. The molecule has 2 N–H and O–H groups in total. The number of nitrogens with zero attached hydrogens (tertiary/aromatic N) is 2. The van der Waals surface area contributed by atoms with Crippen LogP contribution < -0.4 is 5.73 Å². The van der Waals surface area contributed by atoms with Crippen molar-refractivity contribution in [3.8, 4) is 0 Å². The molecule has 86 valence electrons. The Kier molecular flexibility index (Phi) is 4.99. The van der Waals surface area contributed by atoms with E-state index >= 15 is 0 Å². The summed E-state index contributed by atoms with van der Waals surface area (Å²) in [5.41, 5.74) is 7.07. The normalized spacial score (nSPS) is 18.8. The summed E-state index contributed by atoms with van der Waals surface area (Å²) in [5.74, 6) is 0. The standard InChI is InChI=1S/C10H17N3S.ClH/c1-8-12-10(7-14-8)6-13-4-2-9(11)3-5-13;/h7,9H,2-6,11H2,1H3;1H. The molecule has 3 nitrogen and oxygen atoms in total. The molecule has 0 unspecified atom stereocenters. The van der Waals surface area contributed by atoms with Gasteiger partial charge in [-0.2, -0.15) is 0 Å². The van der Waals surface area contributed by atoms with Gasteiger partial charge in [-0.25, -0.2) is 4.98 Å². The largest absolute Gasteiger partial charge is 0.328 e. The minimum atomic E-state index is 0. The van der Waals surface area contributed by atoms with Crippen LogP contribution >= 0.6 is 23.7 Å². The van der Waals surface area contributed by atoms with E-state index in [1.807, 2.05) is 0 Å². The number of likely N-dealkylation sites (tertiary alicyclic amines) is 1. The van der Waals surface area contributed by atoms with E-state index in [2.05, 4.69) is 22.2 Å². The fraction of sp³-hybridized carbons (Fsp3) is 0.700. The van der Waals surface area contributed by atoms with E-state index in [4.69, 9.17) is 5.73 Å². The van der Waals surface area contributed by atoms with Crippen molar-refractivity contribution in [3.63, 3.8) is 0 Å². The molecule has 0 saturated carbocycles. The van der Waals surface area contributed by atoms with E-state index in [1.54, 1.807) is 11.3 Å². The SMILES string of the molecule is Cc1nc(CN2CCC(N)CC2)cs1.Cl. The Hall–Kier alpha value is -0.160. The van der Waals surface area contributed by atoms with E-state index in [9.17, 15) is 0 Å². The molecule has 0 radical (unpaired) electrons.